The molecule has 0 amide bonds. The first-order chi connectivity index (χ1) is 3.27. The van der Waals surface area contributed by atoms with E-state index in [1.165, 1.54) is 9.21 Å². The van der Waals surface area contributed by atoms with E-state index in [-0.39, 0.29) is 6.10 Å². The zero-order valence-electron chi connectivity index (χ0n) is 3.93. The van der Waals surface area contributed by atoms with Crippen LogP contribution in [0.25, 0.3) is 0 Å². The third-order valence-electron chi connectivity index (χ3n) is 0.354. The Morgan fingerprint density at radius 1 is 2.00 bits per heavy atom. The molecule has 1 N–H and O–H groups in total. The van der Waals surface area contributed by atoms with Crippen LogP contribution in [0.5, 0.6) is 0 Å². The van der Waals surface area contributed by atoms with Crippen LogP contribution in [0.3, 0.4) is 0 Å². The van der Waals surface area contributed by atoms with Gasteiger partial charge in [-0.25, -0.2) is 0 Å². The minimum absolute atomic E-state index is 0.345. The van der Waals surface area contributed by atoms with Crippen molar-refractivity contribution in [3.63, 3.8) is 0 Å². The molecule has 0 rings (SSSR count). The van der Waals surface area contributed by atoms with Gasteiger partial charge in [0.1, 0.15) is 0 Å². The maximum absolute atomic E-state index is 8.54. The van der Waals surface area contributed by atoms with Crippen molar-refractivity contribution in [2.75, 3.05) is 6.61 Å². The maximum atomic E-state index is 8.54. The van der Waals surface area contributed by atoms with E-state index in [4.69, 9.17) is 9.29 Å². The topological polar surface area (TPSA) is 29.5 Å². The molecule has 0 aromatic rings. The standard InChI is InChI=1S/C3H7IO2S/c1-3(5)2-6-7-4/h3,5H,2H2,1H3/t3-/m0/s1. The molecule has 0 aliphatic rings. The molecular formula is C3H7IO2S. The lowest BCUT2D eigenvalue weighted by Crippen LogP contribution is -2.05. The monoisotopic (exact) mass is 234 g/mol. The van der Waals surface area contributed by atoms with Gasteiger partial charge in [-0.1, -0.05) is 0 Å². The Morgan fingerprint density at radius 2 is 2.57 bits per heavy atom. The van der Waals surface area contributed by atoms with E-state index in [1.807, 2.05) is 21.2 Å². The van der Waals surface area contributed by atoms with Crippen LogP contribution >= 0.6 is 30.4 Å². The number of aliphatic hydroxyl groups is 1. The molecule has 0 aromatic heterocycles. The molecule has 44 valence electrons. The summed E-state index contributed by atoms with van der Waals surface area (Å²) in [6.45, 7) is 2.10. The van der Waals surface area contributed by atoms with Crippen molar-refractivity contribution in [2.24, 2.45) is 0 Å². The summed E-state index contributed by atoms with van der Waals surface area (Å²) in [7, 11) is 1.24. The van der Waals surface area contributed by atoms with Crippen LogP contribution < -0.4 is 0 Å². The van der Waals surface area contributed by atoms with E-state index in [0.29, 0.717) is 6.61 Å². The van der Waals surface area contributed by atoms with E-state index < -0.39 is 0 Å². The van der Waals surface area contributed by atoms with Crippen molar-refractivity contribution < 1.29 is 9.29 Å². The summed E-state index contributed by atoms with van der Waals surface area (Å²) >= 11 is 2.00. The second-order valence-corrected chi connectivity index (χ2v) is 2.64. The molecule has 0 fully saturated rings. The number of aliphatic hydroxyl groups excluding tert-OH is 1. The minimum Gasteiger partial charge on any atom is -0.391 e. The Hall–Kier alpha value is 1.00. The quantitative estimate of drug-likeness (QED) is 0.591. The number of rotatable bonds is 3. The van der Waals surface area contributed by atoms with Gasteiger partial charge in [-0.2, -0.15) is 0 Å². The molecule has 2 nitrogen and oxygen atoms in total. The van der Waals surface area contributed by atoms with Gasteiger partial charge in [-0.15, -0.1) is 0 Å². The Balaban J connectivity index is 2.68. The van der Waals surface area contributed by atoms with Crippen molar-refractivity contribution in [2.45, 2.75) is 13.0 Å². The maximum Gasteiger partial charge on any atom is 0.0880 e. The normalized spacial score (nSPS) is 14.1. The Morgan fingerprint density at radius 3 is 2.71 bits per heavy atom. The van der Waals surface area contributed by atoms with Gasteiger partial charge in [-0.3, -0.25) is 0 Å². The van der Waals surface area contributed by atoms with E-state index in [2.05, 4.69) is 0 Å². The Bertz CT molecular complexity index is 41.9. The lowest BCUT2D eigenvalue weighted by atomic mass is 10.5. The summed E-state index contributed by atoms with van der Waals surface area (Å²) in [6.07, 6.45) is -0.345. The first-order valence-corrected chi connectivity index (χ1v) is 5.14. The predicted octanol–water partition coefficient (Wildman–Crippen LogP) is 1.38. The fraction of sp³-hybridized carbons (Fsp3) is 1.00. The van der Waals surface area contributed by atoms with Crippen LogP contribution in [0.4, 0.5) is 0 Å². The van der Waals surface area contributed by atoms with Gasteiger partial charge in [0.15, 0.2) is 0 Å². The van der Waals surface area contributed by atoms with E-state index in [0.717, 1.165) is 0 Å². The molecule has 0 spiro atoms. The third-order valence-corrected chi connectivity index (χ3v) is 1.34. The number of hydrogen-bond acceptors (Lipinski definition) is 3. The van der Waals surface area contributed by atoms with Crippen LogP contribution in [0, 0.1) is 0 Å². The zero-order valence-corrected chi connectivity index (χ0v) is 6.90. The van der Waals surface area contributed by atoms with E-state index in [9.17, 15) is 0 Å². The van der Waals surface area contributed by atoms with E-state index in [1.54, 1.807) is 6.92 Å². The molecule has 0 bridgehead atoms. The highest BCUT2D eigenvalue weighted by atomic mass is 127. The summed E-state index contributed by atoms with van der Waals surface area (Å²) in [5.41, 5.74) is 0. The van der Waals surface area contributed by atoms with Gasteiger partial charge in [0.2, 0.25) is 0 Å². The molecule has 0 aromatic carbocycles. The van der Waals surface area contributed by atoms with Crippen molar-refractivity contribution in [1.29, 1.82) is 0 Å². The summed E-state index contributed by atoms with van der Waals surface area (Å²) < 4.78 is 4.75. The fourth-order valence-electron chi connectivity index (χ4n) is 0.124. The van der Waals surface area contributed by atoms with Crippen molar-refractivity contribution >= 4 is 30.4 Å². The second-order valence-electron chi connectivity index (χ2n) is 1.20. The molecule has 0 aliphatic carbocycles. The first-order valence-electron chi connectivity index (χ1n) is 1.85. The molecule has 7 heavy (non-hydrogen) atoms. The van der Waals surface area contributed by atoms with Crippen molar-refractivity contribution in [3.8, 4) is 0 Å². The molecule has 1 atom stereocenters. The number of halogens is 1. The Kier molecular flexibility index (Phi) is 5.88. The van der Waals surface area contributed by atoms with Crippen LogP contribution in [0.2, 0.25) is 0 Å². The fourth-order valence-corrected chi connectivity index (χ4v) is 0.813. The molecule has 0 radical (unpaired) electrons. The minimum atomic E-state index is -0.345. The smallest absolute Gasteiger partial charge is 0.0880 e. The lowest BCUT2D eigenvalue weighted by Gasteiger charge is -1.98. The van der Waals surface area contributed by atoms with Crippen molar-refractivity contribution in [1.82, 2.24) is 0 Å². The van der Waals surface area contributed by atoms with Gasteiger partial charge in [0.05, 0.1) is 21.9 Å². The number of hydrogen-bond donors (Lipinski definition) is 1. The molecule has 0 aliphatic heterocycles. The summed E-state index contributed by atoms with van der Waals surface area (Å²) in [4.78, 5) is 0. The summed E-state index contributed by atoms with van der Waals surface area (Å²) in [5, 5.41) is 8.54. The lowest BCUT2D eigenvalue weighted by molar-refractivity contribution is 0.136. The largest absolute Gasteiger partial charge is 0.391 e. The van der Waals surface area contributed by atoms with Crippen LogP contribution in [-0.2, 0) is 4.18 Å². The van der Waals surface area contributed by atoms with Gasteiger partial charge < -0.3 is 9.29 Å². The van der Waals surface area contributed by atoms with Gasteiger partial charge >= 0.3 is 0 Å². The SMILES string of the molecule is C[C@H](O)COSI. The molecule has 0 saturated carbocycles. The highest BCUT2D eigenvalue weighted by molar-refractivity contribution is 14.2. The predicted molar refractivity (Wildman–Crippen MR) is 39.2 cm³/mol. The van der Waals surface area contributed by atoms with Gasteiger partial charge in [0.25, 0.3) is 0 Å². The first kappa shape index (κ1) is 8.00. The molecule has 0 saturated heterocycles. The van der Waals surface area contributed by atoms with Crippen LogP contribution in [-0.4, -0.2) is 17.8 Å². The van der Waals surface area contributed by atoms with Gasteiger partial charge in [0, 0.05) is 21.2 Å². The molecule has 4 heteroatoms. The summed E-state index contributed by atoms with van der Waals surface area (Å²) in [5.74, 6) is 0. The van der Waals surface area contributed by atoms with Crippen LogP contribution in [0.1, 0.15) is 6.92 Å². The average molecular weight is 234 g/mol. The molecule has 0 unspecified atom stereocenters. The third kappa shape index (κ3) is 7.00. The highest BCUT2D eigenvalue weighted by Gasteiger charge is 1.91. The summed E-state index contributed by atoms with van der Waals surface area (Å²) in [6, 6.07) is 0. The molecular weight excluding hydrogens is 227 g/mol. The average Bonchev–Trinajstić information content (AvgIpc) is 1.61. The molecule has 0 heterocycles. The highest BCUT2D eigenvalue weighted by Crippen LogP contribution is 2.11. The van der Waals surface area contributed by atoms with E-state index >= 15 is 0 Å². The van der Waals surface area contributed by atoms with Crippen molar-refractivity contribution in [3.05, 3.63) is 0 Å². The van der Waals surface area contributed by atoms with Crippen LogP contribution in [0.15, 0.2) is 0 Å². The second kappa shape index (κ2) is 5.14. The van der Waals surface area contributed by atoms with Gasteiger partial charge in [-0.05, 0) is 6.92 Å². The Labute approximate surface area is 59.4 Å². The zero-order chi connectivity index (χ0) is 5.70.